The third-order valence-corrected chi connectivity index (χ3v) is 4.34. The second-order valence-corrected chi connectivity index (χ2v) is 6.03. The summed E-state index contributed by atoms with van der Waals surface area (Å²) < 4.78 is 0. The van der Waals surface area contributed by atoms with E-state index in [-0.39, 0.29) is 0 Å². The minimum absolute atomic E-state index is 0.596. The summed E-state index contributed by atoms with van der Waals surface area (Å²) in [5, 5.41) is 3.72. The Morgan fingerprint density at radius 1 is 1.26 bits per heavy atom. The molecule has 0 bridgehead atoms. The van der Waals surface area contributed by atoms with Crippen LogP contribution in [0.25, 0.3) is 0 Å². The van der Waals surface area contributed by atoms with Gasteiger partial charge in [-0.3, -0.25) is 0 Å². The highest BCUT2D eigenvalue weighted by atomic mass is 15.1. The van der Waals surface area contributed by atoms with Crippen molar-refractivity contribution >= 4 is 0 Å². The second kappa shape index (κ2) is 7.06. The molecule has 0 aromatic heterocycles. The van der Waals surface area contributed by atoms with Crippen molar-refractivity contribution in [1.29, 1.82) is 0 Å². The van der Waals surface area contributed by atoms with Crippen molar-refractivity contribution < 1.29 is 0 Å². The van der Waals surface area contributed by atoms with E-state index in [1.54, 1.807) is 5.56 Å². The molecule has 1 N–H and O–H groups in total. The van der Waals surface area contributed by atoms with Crippen LogP contribution in [-0.2, 0) is 6.42 Å². The molecule has 0 saturated heterocycles. The molecule has 2 heteroatoms. The first-order valence-corrected chi connectivity index (χ1v) is 7.70. The molecule has 1 aromatic carbocycles. The Balaban J connectivity index is 1.65. The molecule has 0 amide bonds. The number of nitrogens with one attached hydrogen (secondary N) is 1. The van der Waals surface area contributed by atoms with Crippen LogP contribution >= 0.6 is 0 Å². The molecular weight excluding hydrogens is 232 g/mol. The van der Waals surface area contributed by atoms with Gasteiger partial charge < -0.3 is 10.2 Å². The van der Waals surface area contributed by atoms with E-state index < -0.39 is 0 Å². The van der Waals surface area contributed by atoms with Gasteiger partial charge in [0.05, 0.1) is 0 Å². The van der Waals surface area contributed by atoms with Crippen LogP contribution in [0.1, 0.15) is 50.3 Å². The molecular formula is C17H28N2. The minimum Gasteiger partial charge on any atom is -0.310 e. The zero-order valence-electron chi connectivity index (χ0n) is 12.7. The van der Waals surface area contributed by atoms with Crippen molar-refractivity contribution in [3.05, 3.63) is 35.4 Å². The van der Waals surface area contributed by atoms with Gasteiger partial charge >= 0.3 is 0 Å². The summed E-state index contributed by atoms with van der Waals surface area (Å²) >= 11 is 0. The lowest BCUT2D eigenvalue weighted by Gasteiger charge is -2.21. The minimum atomic E-state index is 0.596. The smallest absolute Gasteiger partial charge is 0.0326 e. The number of fused-ring (bicyclic) bond motifs is 1. The Morgan fingerprint density at radius 2 is 2.05 bits per heavy atom. The largest absolute Gasteiger partial charge is 0.310 e. The fourth-order valence-corrected chi connectivity index (χ4v) is 2.79. The number of aryl methyl sites for hydroxylation is 1. The number of hydrogen-bond acceptors (Lipinski definition) is 2. The van der Waals surface area contributed by atoms with E-state index in [4.69, 9.17) is 0 Å². The molecule has 1 atom stereocenters. The number of hydrogen-bond donors (Lipinski definition) is 1. The van der Waals surface area contributed by atoms with Crippen molar-refractivity contribution in [2.45, 2.75) is 51.6 Å². The summed E-state index contributed by atoms with van der Waals surface area (Å²) in [7, 11) is 2.21. The van der Waals surface area contributed by atoms with Gasteiger partial charge in [-0.05, 0) is 70.8 Å². The van der Waals surface area contributed by atoms with Gasteiger partial charge in [0.15, 0.2) is 0 Å². The summed E-state index contributed by atoms with van der Waals surface area (Å²) in [6.45, 7) is 6.87. The van der Waals surface area contributed by atoms with Crippen molar-refractivity contribution in [2.75, 3.05) is 20.1 Å². The topological polar surface area (TPSA) is 15.3 Å². The average Bonchev–Trinajstić information content (AvgIpc) is 2.81. The Bertz CT molecular complexity index is 387. The summed E-state index contributed by atoms with van der Waals surface area (Å²) in [4.78, 5) is 2.42. The summed E-state index contributed by atoms with van der Waals surface area (Å²) in [5.41, 5.74) is 3.07. The second-order valence-electron chi connectivity index (χ2n) is 6.03. The maximum Gasteiger partial charge on any atom is 0.0326 e. The van der Waals surface area contributed by atoms with Gasteiger partial charge in [0.2, 0.25) is 0 Å². The van der Waals surface area contributed by atoms with Crippen LogP contribution in [0.2, 0.25) is 0 Å². The molecule has 0 radical (unpaired) electrons. The number of unbranched alkanes of at least 4 members (excludes halogenated alkanes) is 1. The number of benzene rings is 1. The third-order valence-electron chi connectivity index (χ3n) is 4.34. The Labute approximate surface area is 118 Å². The normalized spacial score (nSPS) is 18.3. The van der Waals surface area contributed by atoms with E-state index in [1.807, 2.05) is 0 Å². The van der Waals surface area contributed by atoms with Crippen molar-refractivity contribution in [3.8, 4) is 0 Å². The van der Waals surface area contributed by atoms with Crippen LogP contribution in [0.5, 0.6) is 0 Å². The van der Waals surface area contributed by atoms with E-state index in [2.05, 4.69) is 55.4 Å². The summed E-state index contributed by atoms with van der Waals surface area (Å²) in [5.74, 6) is 0. The fraction of sp³-hybridized carbons (Fsp3) is 0.647. The van der Waals surface area contributed by atoms with Crippen LogP contribution < -0.4 is 5.32 Å². The van der Waals surface area contributed by atoms with E-state index >= 15 is 0 Å². The van der Waals surface area contributed by atoms with Crippen molar-refractivity contribution in [3.63, 3.8) is 0 Å². The molecule has 1 aliphatic carbocycles. The molecule has 1 unspecified atom stereocenters. The van der Waals surface area contributed by atoms with Gasteiger partial charge in [-0.1, -0.05) is 24.3 Å². The summed E-state index contributed by atoms with van der Waals surface area (Å²) in [6.07, 6.45) is 5.07. The standard InChI is InChI=1S/C17H28N2/c1-14(2)19(3)13-7-6-12-18-17-11-10-15-8-4-5-9-16(15)17/h4-5,8-9,14,17-18H,6-7,10-13H2,1-3H3. The van der Waals surface area contributed by atoms with Gasteiger partial charge in [-0.2, -0.15) is 0 Å². The number of nitrogens with zero attached hydrogens (tertiary/aromatic N) is 1. The molecule has 1 aliphatic rings. The maximum absolute atomic E-state index is 3.72. The molecule has 106 valence electrons. The lowest BCUT2D eigenvalue weighted by molar-refractivity contribution is 0.267. The highest BCUT2D eigenvalue weighted by Crippen LogP contribution is 2.30. The van der Waals surface area contributed by atoms with E-state index in [1.165, 1.54) is 37.8 Å². The van der Waals surface area contributed by atoms with Gasteiger partial charge in [0, 0.05) is 12.1 Å². The lowest BCUT2D eigenvalue weighted by Crippen LogP contribution is -2.28. The fourth-order valence-electron chi connectivity index (χ4n) is 2.79. The molecule has 1 aromatic rings. The first-order chi connectivity index (χ1) is 9.18. The molecule has 19 heavy (non-hydrogen) atoms. The van der Waals surface area contributed by atoms with Crippen LogP contribution in [0.3, 0.4) is 0 Å². The van der Waals surface area contributed by atoms with Gasteiger partial charge in [-0.25, -0.2) is 0 Å². The first-order valence-electron chi connectivity index (χ1n) is 7.70. The van der Waals surface area contributed by atoms with E-state index in [0.29, 0.717) is 12.1 Å². The molecule has 0 aliphatic heterocycles. The van der Waals surface area contributed by atoms with Crippen LogP contribution in [0.15, 0.2) is 24.3 Å². The van der Waals surface area contributed by atoms with E-state index in [0.717, 1.165) is 6.54 Å². The lowest BCUT2D eigenvalue weighted by atomic mass is 10.1. The molecule has 2 nitrogen and oxygen atoms in total. The quantitative estimate of drug-likeness (QED) is 0.756. The Hall–Kier alpha value is -0.860. The molecule has 0 spiro atoms. The first kappa shape index (κ1) is 14.5. The zero-order valence-corrected chi connectivity index (χ0v) is 12.7. The predicted molar refractivity (Wildman–Crippen MR) is 82.5 cm³/mol. The molecule has 0 fully saturated rings. The monoisotopic (exact) mass is 260 g/mol. The highest BCUT2D eigenvalue weighted by molar-refractivity contribution is 5.34. The maximum atomic E-state index is 3.72. The van der Waals surface area contributed by atoms with E-state index in [9.17, 15) is 0 Å². The predicted octanol–water partition coefficient (Wildman–Crippen LogP) is 3.38. The van der Waals surface area contributed by atoms with Crippen molar-refractivity contribution in [2.24, 2.45) is 0 Å². The highest BCUT2D eigenvalue weighted by Gasteiger charge is 2.20. The van der Waals surface area contributed by atoms with Gasteiger partial charge in [0.25, 0.3) is 0 Å². The zero-order chi connectivity index (χ0) is 13.7. The molecule has 2 rings (SSSR count). The number of rotatable bonds is 7. The SMILES string of the molecule is CC(C)N(C)CCCCNC1CCc2ccccc21. The molecule has 0 heterocycles. The van der Waals surface area contributed by atoms with Crippen LogP contribution in [0, 0.1) is 0 Å². The third kappa shape index (κ3) is 4.05. The summed E-state index contributed by atoms with van der Waals surface area (Å²) in [6, 6.07) is 10.1. The van der Waals surface area contributed by atoms with Gasteiger partial charge in [-0.15, -0.1) is 0 Å². The average molecular weight is 260 g/mol. The van der Waals surface area contributed by atoms with Crippen LogP contribution in [-0.4, -0.2) is 31.1 Å². The Morgan fingerprint density at radius 3 is 2.84 bits per heavy atom. The van der Waals surface area contributed by atoms with Gasteiger partial charge in [0.1, 0.15) is 0 Å². The van der Waals surface area contributed by atoms with Crippen LogP contribution in [0.4, 0.5) is 0 Å². The van der Waals surface area contributed by atoms with Crippen molar-refractivity contribution in [1.82, 2.24) is 10.2 Å². The Kier molecular flexibility index (Phi) is 5.41. The molecule has 0 saturated carbocycles.